The van der Waals surface area contributed by atoms with Crippen LogP contribution in [0.3, 0.4) is 0 Å². The third kappa shape index (κ3) is 4.69. The summed E-state index contributed by atoms with van der Waals surface area (Å²) in [5, 5.41) is 12.9. The molecular weight excluding hydrogens is 426 g/mol. The summed E-state index contributed by atoms with van der Waals surface area (Å²) in [7, 11) is 0. The number of aryl methyl sites for hydroxylation is 2. The number of carbonyl (C=O) groups excluding carboxylic acids is 1. The maximum atomic E-state index is 12.8. The third-order valence-corrected chi connectivity index (χ3v) is 5.59. The van der Waals surface area contributed by atoms with Crippen LogP contribution in [0.5, 0.6) is 5.75 Å². The Bertz CT molecular complexity index is 1530. The number of ketones is 1. The zero-order valence-corrected chi connectivity index (χ0v) is 20.0. The molecule has 0 amide bonds. The van der Waals surface area contributed by atoms with Crippen molar-refractivity contribution in [2.75, 3.05) is 0 Å². The molecule has 5 nitrogen and oxygen atoms in total. The number of aliphatic imine (C=N–C) groups is 1. The molecule has 0 aliphatic heterocycles. The van der Waals surface area contributed by atoms with Gasteiger partial charge in [-0.1, -0.05) is 42.0 Å². The lowest BCUT2D eigenvalue weighted by molar-refractivity contribution is 0.104. The van der Waals surface area contributed by atoms with E-state index < -0.39 is 5.63 Å². The van der Waals surface area contributed by atoms with Gasteiger partial charge in [-0.05, 0) is 64.0 Å². The molecule has 0 atom stereocenters. The lowest BCUT2D eigenvalue weighted by atomic mass is 9.95. The molecule has 0 spiro atoms. The SMILES string of the molecule is Cc1ccc(C(=O)/C=C/c2cc(C=NC(C)(C)C)c(O)c3ccc4c(C)cc(=O)oc4c23)cc1. The maximum Gasteiger partial charge on any atom is 0.336 e. The second-order valence-electron chi connectivity index (χ2n) is 9.51. The van der Waals surface area contributed by atoms with E-state index in [4.69, 9.17) is 4.42 Å². The zero-order chi connectivity index (χ0) is 24.6. The highest BCUT2D eigenvalue weighted by Crippen LogP contribution is 2.37. The van der Waals surface area contributed by atoms with Gasteiger partial charge >= 0.3 is 5.63 Å². The van der Waals surface area contributed by atoms with Crippen LogP contribution in [-0.2, 0) is 0 Å². The molecule has 0 saturated carbocycles. The Labute approximate surface area is 198 Å². The molecule has 5 heteroatoms. The van der Waals surface area contributed by atoms with Gasteiger partial charge in [0, 0.05) is 39.6 Å². The Kier molecular flexibility index (Phi) is 5.96. The van der Waals surface area contributed by atoms with Gasteiger partial charge in [-0.15, -0.1) is 0 Å². The molecule has 1 N–H and O–H groups in total. The molecule has 0 unspecified atom stereocenters. The number of fused-ring (bicyclic) bond motifs is 3. The number of phenolic OH excluding ortho intramolecular Hbond substituents is 1. The van der Waals surface area contributed by atoms with Crippen LogP contribution < -0.4 is 5.63 Å². The monoisotopic (exact) mass is 453 g/mol. The van der Waals surface area contributed by atoms with Crippen molar-refractivity contribution in [3.05, 3.63) is 92.8 Å². The van der Waals surface area contributed by atoms with Gasteiger partial charge < -0.3 is 9.52 Å². The summed E-state index contributed by atoms with van der Waals surface area (Å²) in [6.07, 6.45) is 4.82. The molecule has 4 rings (SSSR count). The molecule has 0 saturated heterocycles. The molecule has 3 aromatic carbocycles. The second kappa shape index (κ2) is 8.75. The van der Waals surface area contributed by atoms with E-state index in [1.54, 1.807) is 36.6 Å². The predicted molar refractivity (Wildman–Crippen MR) is 138 cm³/mol. The highest BCUT2D eigenvalue weighted by molar-refractivity contribution is 6.15. The van der Waals surface area contributed by atoms with Crippen LogP contribution in [0.1, 0.15) is 53.4 Å². The van der Waals surface area contributed by atoms with Crippen molar-refractivity contribution in [1.29, 1.82) is 0 Å². The summed E-state index contributed by atoms with van der Waals surface area (Å²) in [5.41, 5.74) is 3.15. The first-order chi connectivity index (χ1) is 16.0. The summed E-state index contributed by atoms with van der Waals surface area (Å²) < 4.78 is 5.59. The number of benzene rings is 3. The van der Waals surface area contributed by atoms with Crippen molar-refractivity contribution < 1.29 is 14.3 Å². The Morgan fingerprint density at radius 3 is 2.32 bits per heavy atom. The van der Waals surface area contributed by atoms with E-state index in [1.807, 2.05) is 52.8 Å². The number of nitrogens with zero attached hydrogens (tertiary/aromatic N) is 1. The van der Waals surface area contributed by atoms with Crippen LogP contribution in [-0.4, -0.2) is 22.6 Å². The molecule has 172 valence electrons. The van der Waals surface area contributed by atoms with Crippen molar-refractivity contribution in [3.8, 4) is 5.75 Å². The Hall–Kier alpha value is -3.99. The molecule has 0 aliphatic carbocycles. The van der Waals surface area contributed by atoms with Crippen molar-refractivity contribution in [3.63, 3.8) is 0 Å². The summed E-state index contributed by atoms with van der Waals surface area (Å²) >= 11 is 0. The molecule has 0 bridgehead atoms. The number of carbonyl (C=O) groups is 1. The molecule has 34 heavy (non-hydrogen) atoms. The highest BCUT2D eigenvalue weighted by Gasteiger charge is 2.16. The van der Waals surface area contributed by atoms with Crippen molar-refractivity contribution in [1.82, 2.24) is 0 Å². The molecule has 0 radical (unpaired) electrons. The topological polar surface area (TPSA) is 79.9 Å². The van der Waals surface area contributed by atoms with Crippen molar-refractivity contribution in [2.45, 2.75) is 40.2 Å². The second-order valence-corrected chi connectivity index (χ2v) is 9.51. The highest BCUT2D eigenvalue weighted by atomic mass is 16.4. The first-order valence-electron chi connectivity index (χ1n) is 11.1. The minimum atomic E-state index is -0.471. The minimum Gasteiger partial charge on any atom is -0.507 e. The summed E-state index contributed by atoms with van der Waals surface area (Å²) in [6, 6.07) is 14.2. The quantitative estimate of drug-likeness (QED) is 0.128. The van der Waals surface area contributed by atoms with Gasteiger partial charge in [0.1, 0.15) is 11.3 Å². The first kappa shape index (κ1) is 23.2. The van der Waals surface area contributed by atoms with Gasteiger partial charge in [-0.3, -0.25) is 9.79 Å². The van der Waals surface area contributed by atoms with Crippen molar-refractivity contribution >= 4 is 39.8 Å². The molecule has 1 aromatic heterocycles. The summed E-state index contributed by atoms with van der Waals surface area (Å²) in [6.45, 7) is 9.70. The smallest absolute Gasteiger partial charge is 0.336 e. The van der Waals surface area contributed by atoms with E-state index in [9.17, 15) is 14.7 Å². The normalized spacial score (nSPS) is 12.4. The number of phenols is 1. The van der Waals surface area contributed by atoms with E-state index in [0.717, 1.165) is 16.5 Å². The lowest BCUT2D eigenvalue weighted by Gasteiger charge is -2.14. The standard InChI is InChI=1S/C29H27NO4/c1-17-6-8-19(9-7-17)24(31)13-10-20-15-21(16-30-29(3,4)5)27(33)23-12-11-22-18(2)14-25(32)34-28(22)26(20)23/h6-16,33H,1-5H3/b13-10+,30-16?. The van der Waals surface area contributed by atoms with E-state index in [0.29, 0.717) is 33.0 Å². The Balaban J connectivity index is 1.97. The van der Waals surface area contributed by atoms with Gasteiger partial charge in [0.05, 0.1) is 5.54 Å². The van der Waals surface area contributed by atoms with Gasteiger partial charge in [0.15, 0.2) is 5.78 Å². The molecule has 0 aliphatic rings. The van der Waals surface area contributed by atoms with Crippen LogP contribution in [0.15, 0.2) is 68.8 Å². The first-order valence-corrected chi connectivity index (χ1v) is 11.1. The van der Waals surface area contributed by atoms with Crippen LogP contribution in [0.25, 0.3) is 27.8 Å². The third-order valence-electron chi connectivity index (χ3n) is 5.59. The van der Waals surface area contributed by atoms with E-state index in [2.05, 4.69) is 4.99 Å². The van der Waals surface area contributed by atoms with Gasteiger partial charge in [-0.2, -0.15) is 0 Å². The van der Waals surface area contributed by atoms with Crippen LogP contribution in [0, 0.1) is 13.8 Å². The number of hydrogen-bond acceptors (Lipinski definition) is 5. The fraction of sp³-hybridized carbons (Fsp3) is 0.207. The zero-order valence-electron chi connectivity index (χ0n) is 20.0. The number of rotatable bonds is 4. The fourth-order valence-corrected chi connectivity index (χ4v) is 3.80. The van der Waals surface area contributed by atoms with E-state index >= 15 is 0 Å². The number of allylic oxidation sites excluding steroid dienone is 1. The van der Waals surface area contributed by atoms with E-state index in [-0.39, 0.29) is 17.1 Å². The largest absolute Gasteiger partial charge is 0.507 e. The molecule has 1 heterocycles. The average Bonchev–Trinajstić information content (AvgIpc) is 2.77. The molecule has 4 aromatic rings. The number of hydrogen-bond donors (Lipinski definition) is 1. The lowest BCUT2D eigenvalue weighted by Crippen LogP contribution is -2.09. The van der Waals surface area contributed by atoms with Gasteiger partial charge in [0.2, 0.25) is 0 Å². The fourth-order valence-electron chi connectivity index (χ4n) is 3.80. The van der Waals surface area contributed by atoms with Crippen LogP contribution in [0.4, 0.5) is 0 Å². The van der Waals surface area contributed by atoms with Gasteiger partial charge in [0.25, 0.3) is 0 Å². The minimum absolute atomic E-state index is 0.0380. The summed E-state index contributed by atoms with van der Waals surface area (Å²) in [4.78, 5) is 29.5. The van der Waals surface area contributed by atoms with E-state index in [1.165, 1.54) is 12.1 Å². The molecular formula is C29H27NO4. The predicted octanol–water partition coefficient (Wildman–Crippen LogP) is 6.38. The summed E-state index contributed by atoms with van der Waals surface area (Å²) in [5.74, 6) is -0.111. The Morgan fingerprint density at radius 2 is 1.65 bits per heavy atom. The van der Waals surface area contributed by atoms with Crippen molar-refractivity contribution in [2.24, 2.45) is 4.99 Å². The van der Waals surface area contributed by atoms with Gasteiger partial charge in [-0.25, -0.2) is 4.79 Å². The molecule has 0 fully saturated rings. The number of aromatic hydroxyl groups is 1. The van der Waals surface area contributed by atoms with Crippen LogP contribution in [0.2, 0.25) is 0 Å². The average molecular weight is 454 g/mol. The Morgan fingerprint density at radius 1 is 0.971 bits per heavy atom. The maximum absolute atomic E-state index is 12.8. The van der Waals surface area contributed by atoms with Crippen LogP contribution >= 0.6 is 0 Å².